The number of nitrogens with one attached hydrogen (secondary N) is 1. The minimum atomic E-state index is -0.682. The predicted molar refractivity (Wildman–Crippen MR) is 58.3 cm³/mol. The Hall–Kier alpha value is -0.650. The highest BCUT2D eigenvalue weighted by Gasteiger charge is 1.95. The normalized spacial score (nSPS) is 13.7. The number of rotatable bonds is 6. The minimum absolute atomic E-state index is 0.327. The number of carbonyl (C=O) groups is 1. The lowest BCUT2D eigenvalue weighted by molar-refractivity contribution is -0.137. The van der Waals surface area contributed by atoms with Crippen LogP contribution in [-0.2, 0) is 4.79 Å². The molecule has 0 aromatic carbocycles. The van der Waals surface area contributed by atoms with E-state index in [0.29, 0.717) is 6.42 Å². The average Bonchev–Trinajstić information content (AvgIpc) is 2.02. The fraction of sp³-hybridized carbons (Fsp3) is 0.900. The summed E-state index contributed by atoms with van der Waals surface area (Å²) in [5.41, 5.74) is 0. The summed E-state index contributed by atoms with van der Waals surface area (Å²) < 4.78 is 0. The molecule has 5 heteroatoms. The van der Waals surface area contributed by atoms with Gasteiger partial charge in [0.25, 0.3) is 0 Å². The van der Waals surface area contributed by atoms with E-state index in [9.17, 15) is 4.79 Å². The Kier molecular flexibility index (Phi) is 12.8. The molecule has 92 valence electrons. The van der Waals surface area contributed by atoms with Gasteiger partial charge in [-0.25, -0.2) is 0 Å². The molecule has 4 N–H and O–H groups in total. The van der Waals surface area contributed by atoms with Gasteiger partial charge in [0.15, 0.2) is 0 Å². The Labute approximate surface area is 91.1 Å². The van der Waals surface area contributed by atoms with E-state index in [1.807, 2.05) is 0 Å². The average molecular weight is 221 g/mol. The van der Waals surface area contributed by atoms with Gasteiger partial charge in [0.1, 0.15) is 12.5 Å². The number of unbranched alkanes of at least 4 members (excludes halogenated alkanes) is 2. The number of hydrogen-bond acceptors (Lipinski definition) is 4. The van der Waals surface area contributed by atoms with Gasteiger partial charge in [0.2, 0.25) is 0 Å². The molecule has 0 aliphatic carbocycles. The third kappa shape index (κ3) is 24.7. The van der Waals surface area contributed by atoms with Crippen molar-refractivity contribution in [2.45, 2.75) is 58.9 Å². The maximum absolute atomic E-state index is 9.87. The molecule has 0 spiro atoms. The molecule has 15 heavy (non-hydrogen) atoms. The molecule has 2 atom stereocenters. The Balaban J connectivity index is 0. The van der Waals surface area contributed by atoms with E-state index in [0.717, 1.165) is 19.3 Å². The summed E-state index contributed by atoms with van der Waals surface area (Å²) in [6, 6.07) is 0. The molecule has 0 rings (SSSR count). The molecule has 0 aliphatic heterocycles. The Bertz CT molecular complexity index is 142. The van der Waals surface area contributed by atoms with Crippen LogP contribution in [0.3, 0.4) is 0 Å². The van der Waals surface area contributed by atoms with Crippen molar-refractivity contribution in [3.05, 3.63) is 0 Å². The van der Waals surface area contributed by atoms with Gasteiger partial charge in [-0.05, 0) is 20.3 Å². The van der Waals surface area contributed by atoms with Crippen molar-refractivity contribution in [3.8, 4) is 0 Å². The van der Waals surface area contributed by atoms with Crippen LogP contribution in [0.15, 0.2) is 0 Å². The second kappa shape index (κ2) is 11.4. The van der Waals surface area contributed by atoms with Crippen LogP contribution in [0.4, 0.5) is 0 Å². The SMILES string of the molecule is CC(O)NC(C)O.CCCCCC(=O)O. The smallest absolute Gasteiger partial charge is 0.303 e. The van der Waals surface area contributed by atoms with Gasteiger partial charge in [0, 0.05) is 6.42 Å². The fourth-order valence-electron chi connectivity index (χ4n) is 0.875. The zero-order valence-electron chi connectivity index (χ0n) is 9.73. The first-order valence-electron chi connectivity index (χ1n) is 5.24. The van der Waals surface area contributed by atoms with Gasteiger partial charge < -0.3 is 15.3 Å². The predicted octanol–water partition coefficient (Wildman–Crippen LogP) is 0.904. The van der Waals surface area contributed by atoms with Gasteiger partial charge in [-0.15, -0.1) is 0 Å². The third-order valence-corrected chi connectivity index (χ3v) is 1.48. The van der Waals surface area contributed by atoms with Crippen LogP contribution in [0.2, 0.25) is 0 Å². The highest BCUT2D eigenvalue weighted by Crippen LogP contribution is 1.97. The molecule has 0 heterocycles. The molecule has 2 unspecified atom stereocenters. The van der Waals surface area contributed by atoms with Crippen molar-refractivity contribution < 1.29 is 20.1 Å². The molecule has 0 aromatic rings. The fourth-order valence-corrected chi connectivity index (χ4v) is 0.875. The number of aliphatic hydroxyl groups is 2. The van der Waals surface area contributed by atoms with Gasteiger partial charge >= 0.3 is 5.97 Å². The van der Waals surface area contributed by atoms with Crippen LogP contribution < -0.4 is 5.32 Å². The molecular weight excluding hydrogens is 198 g/mol. The lowest BCUT2D eigenvalue weighted by atomic mass is 10.2. The maximum atomic E-state index is 9.87. The largest absolute Gasteiger partial charge is 0.481 e. The quantitative estimate of drug-likeness (QED) is 0.395. The summed E-state index contributed by atoms with van der Waals surface area (Å²) in [5, 5.41) is 27.5. The number of hydrogen-bond donors (Lipinski definition) is 4. The number of aliphatic hydroxyl groups excluding tert-OH is 2. The number of carboxylic acid groups (broad SMARTS) is 1. The van der Waals surface area contributed by atoms with Gasteiger partial charge in [0.05, 0.1) is 0 Å². The second-order valence-corrected chi connectivity index (χ2v) is 3.37. The topological polar surface area (TPSA) is 89.8 Å². The van der Waals surface area contributed by atoms with E-state index in [1.165, 1.54) is 0 Å². The van der Waals surface area contributed by atoms with Crippen molar-refractivity contribution in [2.24, 2.45) is 0 Å². The van der Waals surface area contributed by atoms with Crippen LogP contribution >= 0.6 is 0 Å². The summed E-state index contributed by atoms with van der Waals surface area (Å²) in [6.07, 6.45) is 2.03. The molecule has 0 aromatic heterocycles. The van der Waals surface area contributed by atoms with Gasteiger partial charge in [-0.3, -0.25) is 10.1 Å². The summed E-state index contributed by atoms with van der Waals surface area (Å²) in [4.78, 5) is 9.87. The molecule has 0 bridgehead atoms. The molecule has 5 nitrogen and oxygen atoms in total. The van der Waals surface area contributed by atoms with Crippen molar-refractivity contribution in [1.82, 2.24) is 5.32 Å². The minimum Gasteiger partial charge on any atom is -0.481 e. The lowest BCUT2D eigenvalue weighted by Gasteiger charge is -2.08. The van der Waals surface area contributed by atoms with Crippen molar-refractivity contribution in [1.29, 1.82) is 0 Å². The first-order chi connectivity index (χ1) is 6.90. The van der Waals surface area contributed by atoms with Crippen LogP contribution in [0.5, 0.6) is 0 Å². The third-order valence-electron chi connectivity index (χ3n) is 1.48. The molecule has 0 amide bonds. The standard InChI is InChI=1S/C6H12O2.C4H11NO2/c1-2-3-4-5-6(7)8;1-3(6)5-4(2)7/h2-5H2,1H3,(H,7,8);3-7H,1-2H3. The zero-order chi connectivity index (χ0) is 12.3. The summed E-state index contributed by atoms with van der Waals surface area (Å²) >= 11 is 0. The van der Waals surface area contributed by atoms with Crippen LogP contribution in [0, 0.1) is 0 Å². The summed E-state index contributed by atoms with van der Waals surface area (Å²) in [7, 11) is 0. The highest BCUT2D eigenvalue weighted by atomic mass is 16.4. The maximum Gasteiger partial charge on any atom is 0.303 e. The molecule has 0 fully saturated rings. The Morgan fingerprint density at radius 2 is 1.67 bits per heavy atom. The summed E-state index contributed by atoms with van der Waals surface area (Å²) in [5.74, 6) is -0.682. The molecule has 0 saturated carbocycles. The summed E-state index contributed by atoms with van der Waals surface area (Å²) in [6.45, 7) is 5.15. The first-order valence-corrected chi connectivity index (χ1v) is 5.24. The van der Waals surface area contributed by atoms with Crippen molar-refractivity contribution >= 4 is 5.97 Å². The van der Waals surface area contributed by atoms with Gasteiger partial charge in [-0.1, -0.05) is 19.8 Å². The Morgan fingerprint density at radius 3 is 1.87 bits per heavy atom. The molecule has 0 saturated heterocycles. The number of carboxylic acids is 1. The van der Waals surface area contributed by atoms with E-state index in [2.05, 4.69) is 12.2 Å². The van der Waals surface area contributed by atoms with E-state index < -0.39 is 18.4 Å². The van der Waals surface area contributed by atoms with Crippen LogP contribution in [-0.4, -0.2) is 33.7 Å². The molecule has 0 aliphatic rings. The van der Waals surface area contributed by atoms with E-state index >= 15 is 0 Å². The van der Waals surface area contributed by atoms with E-state index in [1.54, 1.807) is 13.8 Å². The van der Waals surface area contributed by atoms with Crippen molar-refractivity contribution in [2.75, 3.05) is 0 Å². The first kappa shape index (κ1) is 16.8. The van der Waals surface area contributed by atoms with E-state index in [4.69, 9.17) is 15.3 Å². The molecular formula is C10H23NO4. The monoisotopic (exact) mass is 221 g/mol. The number of aliphatic carboxylic acids is 1. The van der Waals surface area contributed by atoms with Crippen molar-refractivity contribution in [3.63, 3.8) is 0 Å². The molecule has 0 radical (unpaired) electrons. The Morgan fingerprint density at radius 1 is 1.20 bits per heavy atom. The van der Waals surface area contributed by atoms with Crippen LogP contribution in [0.1, 0.15) is 46.5 Å². The zero-order valence-corrected chi connectivity index (χ0v) is 9.73. The highest BCUT2D eigenvalue weighted by molar-refractivity contribution is 5.66. The van der Waals surface area contributed by atoms with Crippen LogP contribution in [0.25, 0.3) is 0 Å². The lowest BCUT2D eigenvalue weighted by Crippen LogP contribution is -2.33. The van der Waals surface area contributed by atoms with Gasteiger partial charge in [-0.2, -0.15) is 0 Å². The second-order valence-electron chi connectivity index (χ2n) is 3.37. The van der Waals surface area contributed by atoms with E-state index in [-0.39, 0.29) is 0 Å².